The fraction of sp³-hybridized carbons (Fsp3) is 0.211. The number of fused-ring (bicyclic) bond motifs is 1. The molecule has 0 radical (unpaired) electrons. The van der Waals surface area contributed by atoms with Crippen molar-refractivity contribution in [2.24, 2.45) is 5.92 Å². The third-order valence-electron chi connectivity index (χ3n) is 4.04. The Balaban J connectivity index is 0.00000208. The van der Waals surface area contributed by atoms with Gasteiger partial charge in [0.1, 0.15) is 17.5 Å². The van der Waals surface area contributed by atoms with Gasteiger partial charge in [-0.25, -0.2) is 0 Å². The summed E-state index contributed by atoms with van der Waals surface area (Å²) >= 11 is 0. The van der Waals surface area contributed by atoms with Gasteiger partial charge >= 0.3 is 35.5 Å². The van der Waals surface area contributed by atoms with Crippen molar-refractivity contribution in [3.8, 4) is 5.75 Å². The first-order chi connectivity index (χ1) is 11.1. The van der Waals surface area contributed by atoms with E-state index in [1.54, 1.807) is 24.3 Å². The van der Waals surface area contributed by atoms with Crippen molar-refractivity contribution in [1.29, 1.82) is 0 Å². The predicted molar refractivity (Wildman–Crippen MR) is 84.4 cm³/mol. The summed E-state index contributed by atoms with van der Waals surface area (Å²) in [6.45, 7) is 1.46. The van der Waals surface area contributed by atoms with E-state index in [2.05, 4.69) is 0 Å². The molecule has 0 bridgehead atoms. The van der Waals surface area contributed by atoms with E-state index >= 15 is 0 Å². The van der Waals surface area contributed by atoms with E-state index < -0.39 is 17.8 Å². The van der Waals surface area contributed by atoms with Gasteiger partial charge in [0.2, 0.25) is 0 Å². The quantitative estimate of drug-likeness (QED) is 0.347. The Morgan fingerprint density at radius 1 is 1.04 bits per heavy atom. The van der Waals surface area contributed by atoms with E-state index in [-0.39, 0.29) is 53.3 Å². The topological polar surface area (TPSA) is 60.4 Å². The van der Waals surface area contributed by atoms with Gasteiger partial charge in [0, 0.05) is 12.3 Å². The molecule has 0 aromatic heterocycles. The van der Waals surface area contributed by atoms with E-state index in [1.807, 2.05) is 30.3 Å². The maximum atomic E-state index is 12.8. The molecular weight excluding hydrogens is 315 g/mol. The summed E-state index contributed by atoms with van der Waals surface area (Å²) in [6, 6.07) is 15.9. The van der Waals surface area contributed by atoms with Gasteiger partial charge in [-0.15, -0.1) is 0 Å². The fourth-order valence-corrected chi connectivity index (χ4v) is 2.99. The molecule has 24 heavy (non-hydrogen) atoms. The number of Topliss-reactive ketones (excluding diaryl/α,β-unsaturated/α-hetero) is 2. The predicted octanol–water partition coefficient (Wildman–Crippen LogP) is 0.171. The zero-order chi connectivity index (χ0) is 16.4. The summed E-state index contributed by atoms with van der Waals surface area (Å²) in [7, 11) is 0. The number of carbonyl (C=O) groups is 3. The molecule has 0 fully saturated rings. The molecule has 2 unspecified atom stereocenters. The Bertz CT molecular complexity index is 770. The third kappa shape index (κ3) is 3.66. The van der Waals surface area contributed by atoms with Gasteiger partial charge in [0.25, 0.3) is 0 Å². The van der Waals surface area contributed by atoms with Crippen LogP contribution in [0.4, 0.5) is 0 Å². The summed E-state index contributed by atoms with van der Waals surface area (Å²) in [5, 5.41) is 0. The minimum absolute atomic E-state index is 0. The molecular formula is C19H16NaO4+. The maximum absolute atomic E-state index is 12.8. The Morgan fingerprint density at radius 3 is 2.33 bits per heavy atom. The SMILES string of the molecule is CC(=O)CC(c1ccccc1)C1C(=O)Oc2ccccc2C1=O.[Na+]. The van der Waals surface area contributed by atoms with Crippen LogP contribution in [0, 0.1) is 5.92 Å². The summed E-state index contributed by atoms with van der Waals surface area (Å²) in [6.07, 6.45) is 0.123. The maximum Gasteiger partial charge on any atom is 1.00 e. The molecule has 0 amide bonds. The van der Waals surface area contributed by atoms with Crippen LogP contribution in [0.1, 0.15) is 35.2 Å². The first kappa shape index (κ1) is 18.6. The second-order valence-electron chi connectivity index (χ2n) is 5.68. The van der Waals surface area contributed by atoms with E-state index in [9.17, 15) is 14.4 Å². The van der Waals surface area contributed by atoms with E-state index in [1.165, 1.54) is 6.92 Å². The smallest absolute Gasteiger partial charge is 0.425 e. The van der Waals surface area contributed by atoms with Gasteiger partial charge < -0.3 is 9.53 Å². The molecule has 0 N–H and O–H groups in total. The van der Waals surface area contributed by atoms with Crippen molar-refractivity contribution in [2.45, 2.75) is 19.3 Å². The van der Waals surface area contributed by atoms with Crippen molar-refractivity contribution in [3.63, 3.8) is 0 Å². The number of hydrogen-bond donors (Lipinski definition) is 0. The van der Waals surface area contributed by atoms with Crippen LogP contribution < -0.4 is 34.3 Å². The molecule has 2 atom stereocenters. The molecule has 1 heterocycles. The molecule has 2 aromatic rings. The zero-order valence-electron chi connectivity index (χ0n) is 13.7. The Hall–Kier alpha value is -1.75. The van der Waals surface area contributed by atoms with Crippen LogP contribution in [0.3, 0.4) is 0 Å². The Kier molecular flexibility index (Phi) is 6.10. The van der Waals surface area contributed by atoms with E-state index in [4.69, 9.17) is 4.74 Å². The Labute approximate surface area is 162 Å². The van der Waals surface area contributed by atoms with Gasteiger partial charge in [0.05, 0.1) is 5.56 Å². The second-order valence-corrected chi connectivity index (χ2v) is 5.68. The van der Waals surface area contributed by atoms with E-state index in [0.717, 1.165) is 5.56 Å². The minimum Gasteiger partial charge on any atom is -0.425 e. The Morgan fingerprint density at radius 2 is 1.67 bits per heavy atom. The molecule has 4 nitrogen and oxygen atoms in total. The molecule has 2 aromatic carbocycles. The normalized spacial score (nSPS) is 17.3. The van der Waals surface area contributed by atoms with Crippen molar-refractivity contribution in [3.05, 3.63) is 65.7 Å². The molecule has 0 aliphatic carbocycles. The number of rotatable bonds is 4. The largest absolute Gasteiger partial charge is 1.00 e. The molecule has 0 saturated heterocycles. The van der Waals surface area contributed by atoms with Gasteiger partial charge in [-0.3, -0.25) is 9.59 Å². The summed E-state index contributed by atoms with van der Waals surface area (Å²) in [5.41, 5.74) is 1.18. The molecule has 0 saturated carbocycles. The number of benzene rings is 2. The van der Waals surface area contributed by atoms with Crippen LogP contribution in [-0.4, -0.2) is 17.5 Å². The third-order valence-corrected chi connectivity index (χ3v) is 4.04. The van der Waals surface area contributed by atoms with Crippen LogP contribution in [0.5, 0.6) is 5.75 Å². The molecule has 0 spiro atoms. The van der Waals surface area contributed by atoms with E-state index in [0.29, 0.717) is 5.56 Å². The molecule has 116 valence electrons. The first-order valence-corrected chi connectivity index (χ1v) is 7.47. The van der Waals surface area contributed by atoms with Crippen LogP contribution in [0.2, 0.25) is 0 Å². The zero-order valence-corrected chi connectivity index (χ0v) is 15.7. The summed E-state index contributed by atoms with van der Waals surface area (Å²) in [5.74, 6) is -2.17. The summed E-state index contributed by atoms with van der Waals surface area (Å²) in [4.78, 5) is 36.9. The molecule has 5 heteroatoms. The average Bonchev–Trinajstić information content (AvgIpc) is 2.54. The van der Waals surface area contributed by atoms with Crippen LogP contribution >= 0.6 is 0 Å². The number of para-hydroxylation sites is 1. The number of ketones is 2. The fourth-order valence-electron chi connectivity index (χ4n) is 2.99. The average molecular weight is 331 g/mol. The standard InChI is InChI=1S/C19H16O4.Na/c1-12(20)11-15(13-7-3-2-4-8-13)17-18(21)14-9-5-6-10-16(14)23-19(17)22;/h2-10,15,17H,11H2,1H3;/q;+1. The monoisotopic (exact) mass is 331 g/mol. The molecule has 3 rings (SSSR count). The first-order valence-electron chi connectivity index (χ1n) is 7.47. The van der Waals surface area contributed by atoms with Crippen LogP contribution in [-0.2, 0) is 9.59 Å². The molecule has 1 aliphatic rings. The van der Waals surface area contributed by atoms with Gasteiger partial charge in [-0.2, -0.15) is 0 Å². The number of esters is 1. The van der Waals surface area contributed by atoms with Crippen LogP contribution in [0.15, 0.2) is 54.6 Å². The summed E-state index contributed by atoms with van der Waals surface area (Å²) < 4.78 is 5.33. The van der Waals surface area contributed by atoms with Crippen molar-refractivity contribution < 1.29 is 48.7 Å². The number of carbonyl (C=O) groups excluding carboxylic acids is 3. The van der Waals surface area contributed by atoms with Gasteiger partial charge in [0.15, 0.2) is 5.78 Å². The van der Waals surface area contributed by atoms with Gasteiger partial charge in [-0.05, 0) is 24.6 Å². The minimum atomic E-state index is -0.990. The number of ether oxygens (including phenoxy) is 1. The van der Waals surface area contributed by atoms with Crippen molar-refractivity contribution >= 4 is 17.5 Å². The van der Waals surface area contributed by atoms with Crippen molar-refractivity contribution in [2.75, 3.05) is 0 Å². The van der Waals surface area contributed by atoms with Crippen LogP contribution in [0.25, 0.3) is 0 Å². The van der Waals surface area contributed by atoms with Gasteiger partial charge in [-0.1, -0.05) is 42.5 Å². The second kappa shape index (κ2) is 7.88. The molecule has 1 aliphatic heterocycles. The van der Waals surface area contributed by atoms with Crippen molar-refractivity contribution in [1.82, 2.24) is 0 Å². The number of hydrogen-bond acceptors (Lipinski definition) is 4.